The first-order valence-corrected chi connectivity index (χ1v) is 12.1. The molecule has 0 saturated carbocycles. The van der Waals surface area contributed by atoms with E-state index >= 15 is 0 Å². The van der Waals surface area contributed by atoms with Gasteiger partial charge in [0.2, 0.25) is 0 Å². The Hall–Kier alpha value is 3.39. The van der Waals surface area contributed by atoms with Gasteiger partial charge in [-0.1, -0.05) is 72.0 Å². The Morgan fingerprint density at radius 1 is 0.743 bits per heavy atom. The standard InChI is InChI=1S/2C9H15BO.C8H13BO.3Y/c1-4-9(3)6-11-8(10)5-7(9)2;1-4-9(5-2)7(3)6-8(10)11-9;1-4-8(3)6(2)5-7(9)10-8;;;/h5,7-8H,3-4,6H2,1-2H3;6-8H,1,4-5H2,2-3H3;5-7H,3-4H2,1-2H3;;;/q3*-2;;;. The van der Waals surface area contributed by atoms with Crippen molar-refractivity contribution in [2.45, 2.75) is 96.4 Å². The summed E-state index contributed by atoms with van der Waals surface area (Å²) in [5.74, 6) is 1.25. The van der Waals surface area contributed by atoms with E-state index in [2.05, 4.69) is 68.7 Å². The van der Waals surface area contributed by atoms with Crippen LogP contribution < -0.4 is 0 Å². The summed E-state index contributed by atoms with van der Waals surface area (Å²) in [6.07, 6.45) is 9.82. The van der Waals surface area contributed by atoms with Crippen molar-refractivity contribution in [1.82, 2.24) is 0 Å². The summed E-state index contributed by atoms with van der Waals surface area (Å²) in [4.78, 5) is 0. The first-order chi connectivity index (χ1) is 14.8. The van der Waals surface area contributed by atoms with Gasteiger partial charge in [0, 0.05) is 110 Å². The van der Waals surface area contributed by atoms with Gasteiger partial charge in [-0.3, -0.25) is 0 Å². The summed E-state index contributed by atoms with van der Waals surface area (Å²) >= 11 is 0. The van der Waals surface area contributed by atoms with E-state index in [1.807, 2.05) is 12.8 Å². The van der Waals surface area contributed by atoms with E-state index in [-0.39, 0.29) is 133 Å². The molecule has 189 valence electrons. The Bertz CT molecular complexity index is 559. The Kier molecular flexibility index (Phi) is 23.9. The molecule has 9 radical (unpaired) electrons. The van der Waals surface area contributed by atoms with Crippen LogP contribution in [0, 0.1) is 63.2 Å². The van der Waals surface area contributed by atoms with Crippen LogP contribution in [0.1, 0.15) is 67.2 Å². The van der Waals surface area contributed by atoms with Crippen LogP contribution in [0.25, 0.3) is 0 Å². The molecule has 0 bridgehead atoms. The molecular formula is C26H43B3O3Y3-6. The zero-order valence-corrected chi connectivity index (χ0v) is 31.6. The molecular weight excluding hydrogens is 659 g/mol. The van der Waals surface area contributed by atoms with Crippen LogP contribution in [0.2, 0.25) is 0 Å². The van der Waals surface area contributed by atoms with Gasteiger partial charge in [-0.2, -0.15) is 23.7 Å². The van der Waals surface area contributed by atoms with Crippen molar-refractivity contribution in [3.63, 3.8) is 0 Å². The predicted molar refractivity (Wildman–Crippen MR) is 137 cm³/mol. The molecule has 9 heteroatoms. The third-order valence-electron chi connectivity index (χ3n) is 7.69. The van der Waals surface area contributed by atoms with Gasteiger partial charge in [0.1, 0.15) is 0 Å². The van der Waals surface area contributed by atoms with Crippen molar-refractivity contribution in [2.24, 2.45) is 23.2 Å². The van der Waals surface area contributed by atoms with Gasteiger partial charge in [-0.25, -0.2) is 0 Å². The van der Waals surface area contributed by atoms with E-state index in [1.165, 1.54) is 0 Å². The minimum absolute atomic E-state index is 0. The molecule has 3 nitrogen and oxygen atoms in total. The molecule has 0 spiro atoms. The van der Waals surface area contributed by atoms with Gasteiger partial charge in [0.05, 0.1) is 23.5 Å². The maximum absolute atomic E-state index is 5.65. The Morgan fingerprint density at radius 3 is 1.49 bits per heavy atom. The second kappa shape index (κ2) is 19.5. The van der Waals surface area contributed by atoms with Crippen molar-refractivity contribution < 1.29 is 112 Å². The average molecular weight is 703 g/mol. The summed E-state index contributed by atoms with van der Waals surface area (Å²) in [5.41, 5.74) is -0.297. The maximum atomic E-state index is 5.65. The van der Waals surface area contributed by atoms with Crippen molar-refractivity contribution in [1.29, 1.82) is 0 Å². The summed E-state index contributed by atoms with van der Waals surface area (Å²) in [5, 5.41) is 0. The molecule has 3 saturated heterocycles. The van der Waals surface area contributed by atoms with Crippen molar-refractivity contribution >= 4 is 23.5 Å². The van der Waals surface area contributed by atoms with E-state index in [1.54, 1.807) is 0 Å². The van der Waals surface area contributed by atoms with Gasteiger partial charge < -0.3 is 54.2 Å². The fourth-order valence-electron chi connectivity index (χ4n) is 4.39. The SMILES string of the molecule is [B]C1[CH-]C(C)C(C[CH2-])(CC)O1.[B]C1[CH-]C(C)C([CH2-])(CC)CO1.[B]C1[CH-]C(C)C([CH2-])(CC)O1.[Y].[Y].[Y]. The van der Waals surface area contributed by atoms with Crippen LogP contribution in [-0.2, 0) is 112 Å². The molecule has 0 aromatic carbocycles. The quantitative estimate of drug-likeness (QED) is 0.316. The van der Waals surface area contributed by atoms with Crippen LogP contribution in [0.3, 0.4) is 0 Å². The molecule has 3 aliphatic heterocycles. The molecule has 0 aliphatic carbocycles. The minimum Gasteiger partial charge on any atom is -0.446 e. The first kappa shape index (κ1) is 42.8. The smallest absolute Gasteiger partial charge is 0.0625 e. The second-order valence-corrected chi connectivity index (χ2v) is 9.69. The van der Waals surface area contributed by atoms with Gasteiger partial charge in [-0.15, -0.1) is 11.9 Å². The Balaban J connectivity index is -0.000000421. The van der Waals surface area contributed by atoms with Gasteiger partial charge in [-0.05, 0) is 6.42 Å². The van der Waals surface area contributed by atoms with E-state index < -0.39 is 0 Å². The Morgan fingerprint density at radius 2 is 1.23 bits per heavy atom. The molecule has 0 amide bonds. The van der Waals surface area contributed by atoms with Gasteiger partial charge in [0.25, 0.3) is 0 Å². The monoisotopic (exact) mass is 703 g/mol. The van der Waals surface area contributed by atoms with Gasteiger partial charge >= 0.3 is 0 Å². The predicted octanol–water partition coefficient (Wildman–Crippen LogP) is 4.63. The minimum atomic E-state index is -0.264. The van der Waals surface area contributed by atoms with Crippen molar-refractivity contribution in [3.8, 4) is 0 Å². The zero-order chi connectivity index (χ0) is 24.7. The average Bonchev–Trinajstić information content (AvgIpc) is 3.19. The van der Waals surface area contributed by atoms with Crippen molar-refractivity contribution in [2.75, 3.05) is 6.61 Å². The van der Waals surface area contributed by atoms with Crippen LogP contribution in [-0.4, -0.2) is 59.4 Å². The van der Waals surface area contributed by atoms with Crippen LogP contribution in [0.15, 0.2) is 0 Å². The van der Waals surface area contributed by atoms with E-state index in [4.69, 9.17) is 37.7 Å². The summed E-state index contributed by atoms with van der Waals surface area (Å²) in [7, 11) is 16.8. The molecule has 35 heavy (non-hydrogen) atoms. The van der Waals surface area contributed by atoms with Crippen molar-refractivity contribution in [3.05, 3.63) is 40.0 Å². The van der Waals surface area contributed by atoms with Gasteiger partial charge in [0.15, 0.2) is 0 Å². The molecule has 9 atom stereocenters. The molecule has 3 heterocycles. The number of ether oxygens (including phenoxy) is 3. The number of hydrogen-bond acceptors (Lipinski definition) is 3. The normalized spacial score (nSPS) is 42.1. The molecule has 3 fully saturated rings. The second-order valence-electron chi connectivity index (χ2n) is 9.69. The van der Waals surface area contributed by atoms with Crippen LogP contribution in [0.4, 0.5) is 0 Å². The van der Waals surface area contributed by atoms with Crippen LogP contribution in [0.5, 0.6) is 0 Å². The van der Waals surface area contributed by atoms with E-state index in [0.717, 1.165) is 25.7 Å². The zero-order valence-electron chi connectivity index (χ0n) is 23.0. The third kappa shape index (κ3) is 12.4. The molecule has 3 aliphatic rings. The Labute approximate surface area is 298 Å². The summed E-state index contributed by atoms with van der Waals surface area (Å²) < 4.78 is 16.4. The third-order valence-corrected chi connectivity index (χ3v) is 7.69. The maximum Gasteiger partial charge on any atom is 0.0625 e. The number of hydrogen-bond donors (Lipinski definition) is 0. The van der Waals surface area contributed by atoms with E-state index in [9.17, 15) is 0 Å². The number of rotatable bonds is 4. The summed E-state index contributed by atoms with van der Waals surface area (Å²) in [6.45, 7) is 25.4. The largest absolute Gasteiger partial charge is 0.446 e. The molecule has 0 aromatic heterocycles. The summed E-state index contributed by atoms with van der Waals surface area (Å²) in [6, 6.07) is -0.592. The van der Waals surface area contributed by atoms with E-state index in [0.29, 0.717) is 24.4 Å². The molecule has 0 aromatic rings. The fourth-order valence-corrected chi connectivity index (χ4v) is 4.39. The molecule has 3 rings (SSSR count). The molecule has 0 N–H and O–H groups in total. The fraction of sp³-hybridized carbons (Fsp3) is 0.769. The molecule has 9 unspecified atom stereocenters. The first-order valence-electron chi connectivity index (χ1n) is 12.1. The van der Waals surface area contributed by atoms with Crippen LogP contribution >= 0.6 is 0 Å². The topological polar surface area (TPSA) is 27.7 Å².